The van der Waals surface area contributed by atoms with Crippen LogP contribution in [0.3, 0.4) is 0 Å². The van der Waals surface area contributed by atoms with Gasteiger partial charge in [0.25, 0.3) is 5.56 Å². The molecule has 6 nitrogen and oxygen atoms in total. The van der Waals surface area contributed by atoms with Gasteiger partial charge in [-0.3, -0.25) is 9.59 Å². The highest BCUT2D eigenvalue weighted by Crippen LogP contribution is 2.21. The lowest BCUT2D eigenvalue weighted by molar-refractivity contribution is -0.115. The van der Waals surface area contributed by atoms with Crippen LogP contribution in [-0.4, -0.2) is 29.0 Å². The quantitative estimate of drug-likeness (QED) is 0.897. The lowest BCUT2D eigenvalue weighted by Gasteiger charge is -2.28. The van der Waals surface area contributed by atoms with Crippen LogP contribution in [0.15, 0.2) is 29.1 Å². The van der Waals surface area contributed by atoms with Crippen molar-refractivity contribution >= 4 is 17.3 Å². The number of anilines is 2. The maximum Gasteiger partial charge on any atom is 0.254 e. The molecular formula is C19H24N4O2. The number of piperidine rings is 1. The number of H-pyrrole nitrogens is 1. The molecule has 0 atom stereocenters. The number of aryl methyl sites for hydroxylation is 2. The molecule has 6 heteroatoms. The first-order chi connectivity index (χ1) is 12.0. The Morgan fingerprint density at radius 1 is 1.16 bits per heavy atom. The third-order valence-corrected chi connectivity index (χ3v) is 4.55. The van der Waals surface area contributed by atoms with Gasteiger partial charge < -0.3 is 15.2 Å². The molecule has 2 heterocycles. The number of carbonyl (C=O) groups is 1. The van der Waals surface area contributed by atoms with E-state index in [-0.39, 0.29) is 17.9 Å². The van der Waals surface area contributed by atoms with Gasteiger partial charge in [0.1, 0.15) is 5.82 Å². The number of nitrogens with one attached hydrogen (secondary N) is 2. The van der Waals surface area contributed by atoms with Gasteiger partial charge in [0.15, 0.2) is 0 Å². The van der Waals surface area contributed by atoms with E-state index in [1.165, 1.54) is 24.9 Å². The monoisotopic (exact) mass is 340 g/mol. The number of rotatable bonds is 4. The van der Waals surface area contributed by atoms with Crippen molar-refractivity contribution in [3.63, 3.8) is 0 Å². The summed E-state index contributed by atoms with van der Waals surface area (Å²) < 4.78 is 0. The summed E-state index contributed by atoms with van der Waals surface area (Å²) in [5.41, 5.74) is 2.68. The summed E-state index contributed by atoms with van der Waals surface area (Å²) in [5.74, 6) is 0.338. The van der Waals surface area contributed by atoms with Gasteiger partial charge >= 0.3 is 0 Å². The molecule has 1 aromatic heterocycles. The van der Waals surface area contributed by atoms with Gasteiger partial charge in [0, 0.05) is 35.7 Å². The Morgan fingerprint density at radius 3 is 2.48 bits per heavy atom. The zero-order chi connectivity index (χ0) is 17.8. The fourth-order valence-electron chi connectivity index (χ4n) is 3.23. The molecule has 0 unspecified atom stereocenters. The second kappa shape index (κ2) is 7.51. The smallest absolute Gasteiger partial charge is 0.254 e. The Morgan fingerprint density at radius 2 is 1.84 bits per heavy atom. The Kier molecular flexibility index (Phi) is 5.16. The van der Waals surface area contributed by atoms with Crippen molar-refractivity contribution in [1.82, 2.24) is 9.97 Å². The van der Waals surface area contributed by atoms with Gasteiger partial charge in [-0.15, -0.1) is 0 Å². The molecule has 3 rings (SSSR count). The molecule has 132 valence electrons. The Hall–Kier alpha value is -2.63. The van der Waals surface area contributed by atoms with Crippen LogP contribution in [0.1, 0.15) is 36.3 Å². The number of aromatic amines is 1. The molecule has 2 aromatic rings. The van der Waals surface area contributed by atoms with Crippen LogP contribution in [-0.2, 0) is 11.2 Å². The van der Waals surface area contributed by atoms with Crippen molar-refractivity contribution in [2.75, 3.05) is 23.3 Å². The molecule has 2 N–H and O–H groups in total. The van der Waals surface area contributed by atoms with Crippen molar-refractivity contribution < 1.29 is 4.79 Å². The zero-order valence-corrected chi connectivity index (χ0v) is 14.8. The summed E-state index contributed by atoms with van der Waals surface area (Å²) in [6.45, 7) is 5.66. The van der Waals surface area contributed by atoms with Crippen molar-refractivity contribution in [2.24, 2.45) is 0 Å². The molecular weight excluding hydrogens is 316 g/mol. The number of aromatic nitrogens is 2. The maximum atomic E-state index is 12.3. The highest BCUT2D eigenvalue weighted by molar-refractivity contribution is 5.92. The van der Waals surface area contributed by atoms with Crippen LogP contribution in [0.4, 0.5) is 11.4 Å². The topological polar surface area (TPSA) is 78.1 Å². The summed E-state index contributed by atoms with van der Waals surface area (Å²) >= 11 is 0. The van der Waals surface area contributed by atoms with Crippen LogP contribution >= 0.6 is 0 Å². The van der Waals surface area contributed by atoms with E-state index in [1.807, 2.05) is 24.3 Å². The predicted octanol–water partition coefficient (Wildman–Crippen LogP) is 2.56. The minimum absolute atomic E-state index is 0.0162. The normalized spacial score (nSPS) is 14.4. The minimum Gasteiger partial charge on any atom is -0.372 e. The first-order valence-electron chi connectivity index (χ1n) is 8.74. The molecule has 1 aliphatic heterocycles. The lowest BCUT2D eigenvalue weighted by Crippen LogP contribution is -2.29. The van der Waals surface area contributed by atoms with Gasteiger partial charge in [-0.05, 0) is 57.4 Å². The number of carbonyl (C=O) groups excluding carboxylic acids is 1. The van der Waals surface area contributed by atoms with E-state index in [0.717, 1.165) is 18.8 Å². The fraction of sp³-hybridized carbons (Fsp3) is 0.421. The SMILES string of the molecule is Cc1nc(C)c(CC(=O)Nc2ccc(N3CCCCC3)cc2)c(=O)[nH]1. The summed E-state index contributed by atoms with van der Waals surface area (Å²) in [7, 11) is 0. The first-order valence-corrected chi connectivity index (χ1v) is 8.74. The number of hydrogen-bond acceptors (Lipinski definition) is 4. The molecule has 0 aliphatic carbocycles. The van der Waals surface area contributed by atoms with Crippen molar-refractivity contribution in [1.29, 1.82) is 0 Å². The number of hydrogen-bond donors (Lipinski definition) is 2. The van der Waals surface area contributed by atoms with Gasteiger partial charge in [0.2, 0.25) is 5.91 Å². The van der Waals surface area contributed by atoms with E-state index in [2.05, 4.69) is 20.2 Å². The molecule has 1 aromatic carbocycles. The summed E-state index contributed by atoms with van der Waals surface area (Å²) in [4.78, 5) is 33.5. The summed E-state index contributed by atoms with van der Waals surface area (Å²) in [6.07, 6.45) is 3.79. The van der Waals surface area contributed by atoms with E-state index in [9.17, 15) is 9.59 Å². The van der Waals surface area contributed by atoms with E-state index >= 15 is 0 Å². The summed E-state index contributed by atoms with van der Waals surface area (Å²) in [5, 5.41) is 2.85. The average molecular weight is 340 g/mol. The lowest BCUT2D eigenvalue weighted by atomic mass is 10.1. The molecule has 0 bridgehead atoms. The highest BCUT2D eigenvalue weighted by Gasteiger charge is 2.13. The van der Waals surface area contributed by atoms with E-state index < -0.39 is 0 Å². The van der Waals surface area contributed by atoms with Gasteiger partial charge in [0.05, 0.1) is 6.42 Å². The van der Waals surface area contributed by atoms with Crippen LogP contribution in [0.25, 0.3) is 0 Å². The van der Waals surface area contributed by atoms with Crippen LogP contribution in [0.2, 0.25) is 0 Å². The largest absolute Gasteiger partial charge is 0.372 e. The number of nitrogens with zero attached hydrogens (tertiary/aromatic N) is 2. The fourth-order valence-corrected chi connectivity index (χ4v) is 3.23. The Labute approximate surface area is 147 Å². The van der Waals surface area contributed by atoms with Crippen molar-refractivity contribution in [3.8, 4) is 0 Å². The predicted molar refractivity (Wildman–Crippen MR) is 99.2 cm³/mol. The van der Waals surface area contributed by atoms with Crippen LogP contribution in [0, 0.1) is 13.8 Å². The van der Waals surface area contributed by atoms with E-state index in [0.29, 0.717) is 17.1 Å². The van der Waals surface area contributed by atoms with Gasteiger partial charge in [-0.25, -0.2) is 4.98 Å². The number of benzene rings is 1. The van der Waals surface area contributed by atoms with Gasteiger partial charge in [-0.1, -0.05) is 0 Å². The highest BCUT2D eigenvalue weighted by atomic mass is 16.2. The van der Waals surface area contributed by atoms with Crippen molar-refractivity contribution in [2.45, 2.75) is 39.5 Å². The standard InChI is InChI=1S/C19H24N4O2/c1-13-17(19(25)21-14(2)20-13)12-18(24)22-15-6-8-16(9-7-15)23-10-4-3-5-11-23/h6-9H,3-5,10-12H2,1-2H3,(H,22,24)(H,20,21,25). The molecule has 1 saturated heterocycles. The summed E-state index contributed by atoms with van der Waals surface area (Å²) in [6, 6.07) is 7.89. The third-order valence-electron chi connectivity index (χ3n) is 4.55. The maximum absolute atomic E-state index is 12.3. The molecule has 1 aliphatic rings. The Balaban J connectivity index is 1.64. The minimum atomic E-state index is -0.249. The average Bonchev–Trinajstić information content (AvgIpc) is 2.59. The molecule has 0 radical (unpaired) electrons. The molecule has 25 heavy (non-hydrogen) atoms. The molecule has 1 fully saturated rings. The van der Waals surface area contributed by atoms with Crippen molar-refractivity contribution in [3.05, 3.63) is 51.7 Å². The second-order valence-corrected chi connectivity index (χ2v) is 6.53. The van der Waals surface area contributed by atoms with E-state index in [1.54, 1.807) is 13.8 Å². The van der Waals surface area contributed by atoms with Gasteiger partial charge in [-0.2, -0.15) is 0 Å². The van der Waals surface area contributed by atoms with Crippen LogP contribution in [0.5, 0.6) is 0 Å². The molecule has 0 saturated carbocycles. The zero-order valence-electron chi connectivity index (χ0n) is 14.8. The molecule has 0 spiro atoms. The first kappa shape index (κ1) is 17.2. The number of amides is 1. The second-order valence-electron chi connectivity index (χ2n) is 6.53. The van der Waals surface area contributed by atoms with E-state index in [4.69, 9.17) is 0 Å². The third kappa shape index (κ3) is 4.26. The Bertz CT molecular complexity index is 805. The van der Waals surface area contributed by atoms with Crippen LogP contribution < -0.4 is 15.8 Å². The molecule has 1 amide bonds.